The molecule has 0 N–H and O–H groups in total. The van der Waals surface area contributed by atoms with Crippen LogP contribution in [0.15, 0.2) is 4.99 Å². The maximum Gasteiger partial charge on any atom is 0.424 e. The first-order valence-corrected chi connectivity index (χ1v) is 2.67. The Morgan fingerprint density at radius 3 is 2.30 bits per heavy atom. The summed E-state index contributed by atoms with van der Waals surface area (Å²) in [5.41, 5.74) is 0. The second kappa shape index (κ2) is 2.23. The first-order chi connectivity index (χ1) is 4.52. The zero-order chi connectivity index (χ0) is 7.78. The Bertz CT molecular complexity index is 151. The lowest BCUT2D eigenvalue weighted by Crippen LogP contribution is -2.37. The molecule has 2 nitrogen and oxygen atoms in total. The number of alkyl halides is 3. The summed E-state index contributed by atoms with van der Waals surface area (Å²) in [6.07, 6.45) is -4.77. The maximum atomic E-state index is 11.8. The van der Waals surface area contributed by atoms with Crippen molar-refractivity contribution >= 4 is 6.21 Å². The third kappa shape index (κ3) is 1.29. The van der Waals surface area contributed by atoms with E-state index in [4.69, 9.17) is 0 Å². The summed E-state index contributed by atoms with van der Waals surface area (Å²) in [4.78, 5) is 4.22. The molecule has 1 radical (unpaired) electrons. The first kappa shape index (κ1) is 7.53. The van der Waals surface area contributed by atoms with E-state index < -0.39 is 12.3 Å². The smallest absolute Gasteiger partial charge is 0.267 e. The zero-order valence-corrected chi connectivity index (χ0v) is 5.26. The van der Waals surface area contributed by atoms with Gasteiger partial charge in [0.15, 0.2) is 6.17 Å². The fourth-order valence-corrected chi connectivity index (χ4v) is 0.727. The Labute approximate surface area is 56.3 Å². The number of hydrogen-bond donors (Lipinski definition) is 0. The Kier molecular flexibility index (Phi) is 1.68. The first-order valence-electron chi connectivity index (χ1n) is 2.67. The zero-order valence-electron chi connectivity index (χ0n) is 5.26. The van der Waals surface area contributed by atoms with Gasteiger partial charge in [-0.25, -0.2) is 0 Å². The fraction of sp³-hybridized carbons (Fsp3) is 0.600. The van der Waals surface area contributed by atoms with Crippen LogP contribution in [0.4, 0.5) is 13.2 Å². The highest BCUT2D eigenvalue weighted by molar-refractivity contribution is 5.69. The molecule has 57 valence electrons. The van der Waals surface area contributed by atoms with Crippen molar-refractivity contribution in [2.45, 2.75) is 12.3 Å². The molecule has 0 aromatic heterocycles. The third-order valence-corrected chi connectivity index (χ3v) is 1.21. The van der Waals surface area contributed by atoms with Crippen LogP contribution in [-0.4, -0.2) is 30.5 Å². The van der Waals surface area contributed by atoms with Crippen LogP contribution in [0.1, 0.15) is 0 Å². The minimum absolute atomic E-state index is 1.01. The van der Waals surface area contributed by atoms with Crippen LogP contribution < -0.4 is 0 Å². The SMILES string of the molecule is CN1[CH]C=NC1C(F)(F)F. The van der Waals surface area contributed by atoms with E-state index in [0.717, 1.165) is 11.1 Å². The summed E-state index contributed by atoms with van der Waals surface area (Å²) >= 11 is 0. The van der Waals surface area contributed by atoms with Crippen molar-refractivity contribution in [3.05, 3.63) is 6.54 Å². The van der Waals surface area contributed by atoms with Gasteiger partial charge in [-0.2, -0.15) is 13.2 Å². The van der Waals surface area contributed by atoms with Gasteiger partial charge in [0, 0.05) is 6.21 Å². The summed E-state index contributed by atoms with van der Waals surface area (Å²) in [5, 5.41) is 0. The van der Waals surface area contributed by atoms with Gasteiger partial charge in [-0.05, 0) is 7.05 Å². The summed E-state index contributed by atoms with van der Waals surface area (Å²) in [5.74, 6) is 0. The average Bonchev–Trinajstić information content (AvgIpc) is 2.11. The van der Waals surface area contributed by atoms with E-state index in [1.54, 1.807) is 0 Å². The van der Waals surface area contributed by atoms with Crippen molar-refractivity contribution in [3.63, 3.8) is 0 Å². The molecule has 0 aromatic carbocycles. The Morgan fingerprint density at radius 2 is 2.10 bits per heavy atom. The molecular weight excluding hydrogens is 145 g/mol. The van der Waals surface area contributed by atoms with Gasteiger partial charge in [0.25, 0.3) is 0 Å². The van der Waals surface area contributed by atoms with Gasteiger partial charge in [0.2, 0.25) is 0 Å². The number of hydrogen-bond acceptors (Lipinski definition) is 2. The highest BCUT2D eigenvalue weighted by atomic mass is 19.4. The van der Waals surface area contributed by atoms with E-state index in [-0.39, 0.29) is 0 Å². The lowest BCUT2D eigenvalue weighted by molar-refractivity contribution is -0.170. The molecule has 1 heterocycles. The van der Waals surface area contributed by atoms with Gasteiger partial charge in [0.1, 0.15) is 0 Å². The van der Waals surface area contributed by atoms with Gasteiger partial charge < -0.3 is 0 Å². The van der Waals surface area contributed by atoms with Crippen LogP contribution >= 0.6 is 0 Å². The number of rotatable bonds is 0. The fourth-order valence-electron chi connectivity index (χ4n) is 0.727. The minimum Gasteiger partial charge on any atom is -0.267 e. The van der Waals surface area contributed by atoms with Crippen molar-refractivity contribution in [3.8, 4) is 0 Å². The van der Waals surface area contributed by atoms with Crippen LogP contribution in [0.3, 0.4) is 0 Å². The highest BCUT2D eigenvalue weighted by Gasteiger charge is 2.43. The topological polar surface area (TPSA) is 15.6 Å². The van der Waals surface area contributed by atoms with Gasteiger partial charge in [-0.3, -0.25) is 9.89 Å². The van der Waals surface area contributed by atoms with Crippen molar-refractivity contribution < 1.29 is 13.2 Å². The molecule has 0 saturated heterocycles. The predicted octanol–water partition coefficient (Wildman–Crippen LogP) is 1.05. The molecule has 1 atom stereocenters. The molecular formula is C5H6F3N2. The molecule has 0 fully saturated rings. The number of halogens is 3. The van der Waals surface area contributed by atoms with Crippen LogP contribution in [0.2, 0.25) is 0 Å². The van der Waals surface area contributed by atoms with E-state index in [9.17, 15) is 13.2 Å². The van der Waals surface area contributed by atoms with Crippen LogP contribution in [-0.2, 0) is 0 Å². The van der Waals surface area contributed by atoms with Gasteiger partial charge in [-0.1, -0.05) is 0 Å². The molecule has 1 aliphatic heterocycles. The number of aliphatic imine (C=N–C) groups is 1. The van der Waals surface area contributed by atoms with Crippen molar-refractivity contribution in [2.75, 3.05) is 7.05 Å². The molecule has 0 aliphatic carbocycles. The molecule has 0 amide bonds. The Balaban J connectivity index is 2.64. The van der Waals surface area contributed by atoms with E-state index in [1.807, 2.05) is 0 Å². The molecule has 1 rings (SSSR count). The van der Waals surface area contributed by atoms with E-state index in [0.29, 0.717) is 0 Å². The second-order valence-electron chi connectivity index (χ2n) is 2.03. The van der Waals surface area contributed by atoms with Crippen LogP contribution in [0.25, 0.3) is 0 Å². The minimum atomic E-state index is -4.25. The summed E-state index contributed by atoms with van der Waals surface area (Å²) in [7, 11) is 1.34. The van der Waals surface area contributed by atoms with E-state index in [2.05, 4.69) is 4.99 Å². The highest BCUT2D eigenvalue weighted by Crippen LogP contribution is 2.27. The monoisotopic (exact) mass is 151 g/mol. The molecule has 10 heavy (non-hydrogen) atoms. The van der Waals surface area contributed by atoms with Crippen LogP contribution in [0, 0.1) is 6.54 Å². The van der Waals surface area contributed by atoms with Gasteiger partial charge in [-0.15, -0.1) is 0 Å². The summed E-state index contributed by atoms with van der Waals surface area (Å²) in [6, 6.07) is 0. The lowest BCUT2D eigenvalue weighted by Gasteiger charge is -2.19. The van der Waals surface area contributed by atoms with Gasteiger partial charge in [0.05, 0.1) is 6.54 Å². The van der Waals surface area contributed by atoms with Crippen LogP contribution in [0.5, 0.6) is 0 Å². The van der Waals surface area contributed by atoms with Crippen molar-refractivity contribution in [1.82, 2.24) is 4.90 Å². The average molecular weight is 151 g/mol. The normalized spacial score (nSPS) is 27.8. The molecule has 0 spiro atoms. The number of nitrogens with zero attached hydrogens (tertiary/aromatic N) is 2. The second-order valence-corrected chi connectivity index (χ2v) is 2.03. The van der Waals surface area contributed by atoms with Gasteiger partial charge >= 0.3 is 6.18 Å². The lowest BCUT2D eigenvalue weighted by atomic mass is 10.5. The molecule has 0 bridgehead atoms. The largest absolute Gasteiger partial charge is 0.424 e. The Hall–Kier alpha value is -0.580. The third-order valence-electron chi connectivity index (χ3n) is 1.21. The van der Waals surface area contributed by atoms with E-state index in [1.165, 1.54) is 13.6 Å². The summed E-state index contributed by atoms with van der Waals surface area (Å²) < 4.78 is 35.5. The molecule has 0 aromatic rings. The molecule has 5 heteroatoms. The Morgan fingerprint density at radius 1 is 1.50 bits per heavy atom. The van der Waals surface area contributed by atoms with Crippen molar-refractivity contribution in [1.29, 1.82) is 0 Å². The predicted molar refractivity (Wildman–Crippen MR) is 30.4 cm³/mol. The van der Waals surface area contributed by atoms with E-state index >= 15 is 0 Å². The summed E-state index contributed by atoms with van der Waals surface area (Å²) in [6.45, 7) is 1.29. The molecule has 1 unspecified atom stereocenters. The quantitative estimate of drug-likeness (QED) is 0.505. The molecule has 1 aliphatic rings. The maximum absolute atomic E-state index is 11.8. The molecule has 0 saturated carbocycles. The van der Waals surface area contributed by atoms with Crippen molar-refractivity contribution in [2.24, 2.45) is 4.99 Å². The standard InChI is InChI=1S/C5H6F3N2/c1-10-3-2-9-4(10)5(6,7)8/h2-4H,1H3.